The molecular formula is C26H23Cl2N3O5. The Kier molecular flexibility index (Phi) is 6.28. The second-order valence-corrected chi connectivity index (χ2v) is 9.78. The van der Waals surface area contributed by atoms with Gasteiger partial charge in [0.1, 0.15) is 6.61 Å². The number of rotatable bonds is 6. The molecule has 0 radical (unpaired) electrons. The van der Waals surface area contributed by atoms with Crippen LogP contribution in [0.4, 0.5) is 5.69 Å². The van der Waals surface area contributed by atoms with Gasteiger partial charge in [-0.2, -0.15) is 0 Å². The minimum Gasteiger partial charge on any atom is -0.493 e. The first-order valence-electron chi connectivity index (χ1n) is 11.3. The van der Waals surface area contributed by atoms with E-state index in [1.54, 1.807) is 60.7 Å². The SMILES string of the molecule is COc1cc([C@@H]2[C@H](C)N[C@@]3(C(=O)Nc4ccccc43)[C@@H]2[N+](=O)[O-])ccc1OCc1ccc(Cl)cc1Cl. The van der Waals surface area contributed by atoms with E-state index < -0.39 is 23.4 Å². The summed E-state index contributed by atoms with van der Waals surface area (Å²) >= 11 is 12.2. The normalized spacial score (nSPS) is 24.4. The zero-order valence-corrected chi connectivity index (χ0v) is 21.0. The summed E-state index contributed by atoms with van der Waals surface area (Å²) < 4.78 is 11.5. The summed E-state index contributed by atoms with van der Waals surface area (Å²) in [7, 11) is 1.50. The Morgan fingerprint density at radius 2 is 1.86 bits per heavy atom. The van der Waals surface area contributed by atoms with Crippen LogP contribution in [0.3, 0.4) is 0 Å². The maximum absolute atomic E-state index is 13.2. The summed E-state index contributed by atoms with van der Waals surface area (Å²) in [5.74, 6) is -0.150. The molecule has 3 aromatic carbocycles. The van der Waals surface area contributed by atoms with E-state index in [-0.39, 0.29) is 17.6 Å². The fourth-order valence-electron chi connectivity index (χ4n) is 5.36. The van der Waals surface area contributed by atoms with Gasteiger partial charge in [0.25, 0.3) is 11.9 Å². The molecule has 8 nitrogen and oxygen atoms in total. The third kappa shape index (κ3) is 3.86. The molecule has 5 rings (SSSR count). The van der Waals surface area contributed by atoms with Gasteiger partial charge in [-0.3, -0.25) is 20.2 Å². The van der Waals surface area contributed by atoms with E-state index in [0.29, 0.717) is 38.4 Å². The Hall–Kier alpha value is -3.33. The number of para-hydroxylation sites is 1. The van der Waals surface area contributed by atoms with Gasteiger partial charge in [0.2, 0.25) is 0 Å². The number of methoxy groups -OCH3 is 1. The molecular weight excluding hydrogens is 505 g/mol. The minimum absolute atomic E-state index is 0.185. The molecule has 1 fully saturated rings. The number of carbonyl (C=O) groups is 1. The highest BCUT2D eigenvalue weighted by Gasteiger charge is 2.67. The average molecular weight is 528 g/mol. The largest absolute Gasteiger partial charge is 0.493 e. The van der Waals surface area contributed by atoms with Gasteiger partial charge in [-0.25, -0.2) is 0 Å². The smallest absolute Gasteiger partial charge is 0.256 e. The van der Waals surface area contributed by atoms with E-state index in [1.165, 1.54) is 7.11 Å². The first-order chi connectivity index (χ1) is 17.3. The number of nitro groups is 1. The van der Waals surface area contributed by atoms with E-state index in [9.17, 15) is 14.9 Å². The number of ether oxygens (including phenoxy) is 2. The molecule has 4 atom stereocenters. The van der Waals surface area contributed by atoms with Gasteiger partial charge in [0.15, 0.2) is 17.0 Å². The highest BCUT2D eigenvalue weighted by atomic mass is 35.5. The van der Waals surface area contributed by atoms with Crippen LogP contribution in [0.2, 0.25) is 10.0 Å². The Morgan fingerprint density at radius 3 is 2.58 bits per heavy atom. The van der Waals surface area contributed by atoms with E-state index in [1.807, 2.05) is 6.92 Å². The third-order valence-electron chi connectivity index (χ3n) is 6.93. The van der Waals surface area contributed by atoms with Crippen molar-refractivity contribution >= 4 is 34.8 Å². The fourth-order valence-corrected chi connectivity index (χ4v) is 5.82. The van der Waals surface area contributed by atoms with Gasteiger partial charge in [-0.15, -0.1) is 0 Å². The van der Waals surface area contributed by atoms with Gasteiger partial charge in [0, 0.05) is 37.8 Å². The molecule has 0 unspecified atom stereocenters. The van der Waals surface area contributed by atoms with Gasteiger partial charge in [0.05, 0.1) is 13.0 Å². The standard InChI is InChI=1S/C26H23Cl2N3O5/c1-14-23(24(31(33)34)26(30-14)18-5-3-4-6-20(18)29-25(26)32)15-8-10-21(22(11-15)35-2)36-13-16-7-9-17(27)12-19(16)28/h3-12,14,23-24,30H,13H2,1-2H3,(H,29,32)/t14-,23-,24+,26+/m0/s1. The predicted molar refractivity (Wildman–Crippen MR) is 137 cm³/mol. The molecule has 0 bridgehead atoms. The molecule has 3 aromatic rings. The number of hydrogen-bond donors (Lipinski definition) is 2. The number of halogens is 2. The van der Waals surface area contributed by atoms with E-state index in [2.05, 4.69) is 10.6 Å². The van der Waals surface area contributed by atoms with Gasteiger partial charge >= 0.3 is 0 Å². The molecule has 1 saturated heterocycles. The lowest BCUT2D eigenvalue weighted by atomic mass is 9.78. The quantitative estimate of drug-likeness (QED) is 0.339. The molecule has 2 N–H and O–H groups in total. The van der Waals surface area contributed by atoms with Crippen LogP contribution in [0.5, 0.6) is 11.5 Å². The Morgan fingerprint density at radius 1 is 1.08 bits per heavy atom. The van der Waals surface area contributed by atoms with Gasteiger partial charge in [-0.1, -0.05) is 53.5 Å². The van der Waals surface area contributed by atoms with E-state index >= 15 is 0 Å². The summed E-state index contributed by atoms with van der Waals surface area (Å²) in [6.07, 6.45) is 0. The van der Waals surface area contributed by atoms with Crippen LogP contribution < -0.4 is 20.1 Å². The number of amides is 1. The summed E-state index contributed by atoms with van der Waals surface area (Å²) in [6, 6.07) is 15.8. The maximum atomic E-state index is 13.2. The topological polar surface area (TPSA) is 103 Å². The maximum Gasteiger partial charge on any atom is 0.256 e. The van der Waals surface area contributed by atoms with Crippen molar-refractivity contribution in [3.63, 3.8) is 0 Å². The van der Waals surface area contributed by atoms with Crippen LogP contribution >= 0.6 is 23.2 Å². The Bertz CT molecular complexity index is 1370. The van der Waals surface area contributed by atoms with Gasteiger partial charge in [-0.05, 0) is 42.8 Å². The first kappa shape index (κ1) is 24.4. The number of hydrogen-bond acceptors (Lipinski definition) is 6. The number of nitrogens with zero attached hydrogens (tertiary/aromatic N) is 1. The van der Waals surface area contributed by atoms with Gasteiger partial charge < -0.3 is 14.8 Å². The number of fused-ring (bicyclic) bond motifs is 2. The van der Waals surface area contributed by atoms with Crippen molar-refractivity contribution < 1.29 is 19.2 Å². The van der Waals surface area contributed by atoms with Crippen molar-refractivity contribution in [3.05, 3.63) is 97.5 Å². The lowest BCUT2D eigenvalue weighted by Crippen LogP contribution is -2.54. The van der Waals surface area contributed by atoms with Crippen LogP contribution in [0.25, 0.3) is 0 Å². The lowest BCUT2D eigenvalue weighted by Gasteiger charge is -2.25. The van der Waals surface area contributed by atoms with Crippen LogP contribution in [0, 0.1) is 10.1 Å². The number of carbonyl (C=O) groups excluding carboxylic acids is 1. The second kappa shape index (κ2) is 9.28. The van der Waals surface area contributed by atoms with Crippen molar-refractivity contribution in [2.75, 3.05) is 12.4 Å². The molecule has 2 heterocycles. The van der Waals surface area contributed by atoms with Crippen molar-refractivity contribution in [1.29, 1.82) is 0 Å². The lowest BCUT2D eigenvalue weighted by molar-refractivity contribution is -0.532. The summed E-state index contributed by atoms with van der Waals surface area (Å²) in [6.45, 7) is 2.04. The molecule has 0 saturated carbocycles. The number of anilines is 1. The third-order valence-corrected chi connectivity index (χ3v) is 7.52. The molecule has 1 spiro atoms. The van der Waals surface area contributed by atoms with Crippen LogP contribution in [0.15, 0.2) is 60.7 Å². The summed E-state index contributed by atoms with van der Waals surface area (Å²) in [5.41, 5.74) is 1.11. The highest BCUT2D eigenvalue weighted by Crippen LogP contribution is 2.50. The van der Waals surface area contributed by atoms with Crippen molar-refractivity contribution in [2.24, 2.45) is 0 Å². The zero-order chi connectivity index (χ0) is 25.6. The number of nitrogens with one attached hydrogen (secondary N) is 2. The second-order valence-electron chi connectivity index (χ2n) is 8.93. The van der Waals surface area contributed by atoms with E-state index in [4.69, 9.17) is 32.7 Å². The molecule has 10 heteroatoms. The molecule has 1 amide bonds. The summed E-state index contributed by atoms with van der Waals surface area (Å²) in [4.78, 5) is 25.3. The van der Waals surface area contributed by atoms with Crippen LogP contribution in [-0.2, 0) is 16.9 Å². The fraction of sp³-hybridized carbons (Fsp3) is 0.269. The minimum atomic E-state index is -1.47. The molecule has 2 aliphatic heterocycles. The van der Waals surface area contributed by atoms with Crippen molar-refractivity contribution in [2.45, 2.75) is 37.1 Å². The van der Waals surface area contributed by atoms with Crippen LogP contribution in [0.1, 0.15) is 29.5 Å². The Balaban J connectivity index is 1.48. The van der Waals surface area contributed by atoms with Crippen molar-refractivity contribution in [3.8, 4) is 11.5 Å². The first-order valence-corrected chi connectivity index (χ1v) is 12.1. The molecule has 36 heavy (non-hydrogen) atoms. The Labute approximate surface area is 217 Å². The molecule has 0 aliphatic carbocycles. The van der Waals surface area contributed by atoms with E-state index in [0.717, 1.165) is 5.56 Å². The number of benzene rings is 3. The monoisotopic (exact) mass is 527 g/mol. The predicted octanol–water partition coefficient (Wildman–Crippen LogP) is 5.15. The summed E-state index contributed by atoms with van der Waals surface area (Å²) in [5, 5.41) is 19.6. The zero-order valence-electron chi connectivity index (χ0n) is 19.5. The van der Waals surface area contributed by atoms with Crippen molar-refractivity contribution in [1.82, 2.24) is 5.32 Å². The average Bonchev–Trinajstić information content (AvgIpc) is 3.32. The van der Waals surface area contributed by atoms with Crippen LogP contribution in [-0.4, -0.2) is 30.0 Å². The molecule has 0 aromatic heterocycles. The molecule has 2 aliphatic rings. The highest BCUT2D eigenvalue weighted by molar-refractivity contribution is 6.35. The molecule has 186 valence electrons.